The van der Waals surface area contributed by atoms with E-state index in [1.165, 1.54) is 35.0 Å². The van der Waals surface area contributed by atoms with Gasteiger partial charge in [-0.25, -0.2) is 9.07 Å². The van der Waals surface area contributed by atoms with Gasteiger partial charge in [-0.2, -0.15) is 5.10 Å². The standard InChI is InChI=1S/C14H14FN3O2/c1-10-2-7-13(19)18(17-10)9-8-16-14(20)11-3-5-12(15)6-4-11/h2-7H,8-9H2,1H3,(H,16,20). The minimum absolute atomic E-state index is 0.216. The summed E-state index contributed by atoms with van der Waals surface area (Å²) in [5, 5.41) is 6.71. The molecule has 0 saturated heterocycles. The first-order valence-corrected chi connectivity index (χ1v) is 6.15. The van der Waals surface area contributed by atoms with E-state index in [0.29, 0.717) is 5.56 Å². The molecule has 1 amide bonds. The number of carbonyl (C=O) groups is 1. The summed E-state index contributed by atoms with van der Waals surface area (Å²) in [4.78, 5) is 23.3. The van der Waals surface area contributed by atoms with Gasteiger partial charge in [0.2, 0.25) is 0 Å². The number of nitrogens with one attached hydrogen (secondary N) is 1. The number of rotatable bonds is 4. The quantitative estimate of drug-likeness (QED) is 0.909. The number of hydrogen-bond donors (Lipinski definition) is 1. The van der Waals surface area contributed by atoms with Crippen LogP contribution >= 0.6 is 0 Å². The van der Waals surface area contributed by atoms with E-state index in [-0.39, 0.29) is 24.6 Å². The zero-order valence-electron chi connectivity index (χ0n) is 11.0. The second kappa shape index (κ2) is 6.10. The van der Waals surface area contributed by atoms with E-state index >= 15 is 0 Å². The van der Waals surface area contributed by atoms with Crippen molar-refractivity contribution in [1.82, 2.24) is 15.1 Å². The Balaban J connectivity index is 1.92. The van der Waals surface area contributed by atoms with Crippen molar-refractivity contribution in [2.24, 2.45) is 0 Å². The number of hydrogen-bond acceptors (Lipinski definition) is 3. The smallest absolute Gasteiger partial charge is 0.266 e. The summed E-state index contributed by atoms with van der Waals surface area (Å²) < 4.78 is 14.0. The van der Waals surface area contributed by atoms with E-state index < -0.39 is 5.82 Å². The highest BCUT2D eigenvalue weighted by Crippen LogP contribution is 2.02. The highest BCUT2D eigenvalue weighted by Gasteiger charge is 2.05. The Bertz CT molecular complexity index is 665. The number of aromatic nitrogens is 2. The Kier molecular flexibility index (Phi) is 4.24. The third-order valence-corrected chi connectivity index (χ3v) is 2.72. The van der Waals surface area contributed by atoms with Crippen LogP contribution in [0.25, 0.3) is 0 Å². The molecule has 20 heavy (non-hydrogen) atoms. The summed E-state index contributed by atoms with van der Waals surface area (Å²) in [6.07, 6.45) is 0. The molecule has 1 heterocycles. The molecule has 0 saturated carbocycles. The molecule has 1 aromatic heterocycles. The van der Waals surface area contributed by atoms with Gasteiger partial charge in [0.1, 0.15) is 5.82 Å². The lowest BCUT2D eigenvalue weighted by Crippen LogP contribution is -2.32. The van der Waals surface area contributed by atoms with Crippen molar-refractivity contribution < 1.29 is 9.18 Å². The lowest BCUT2D eigenvalue weighted by molar-refractivity contribution is 0.0951. The Morgan fingerprint density at radius 3 is 2.65 bits per heavy atom. The first kappa shape index (κ1) is 13.9. The molecule has 0 fully saturated rings. The maximum atomic E-state index is 12.7. The van der Waals surface area contributed by atoms with Crippen LogP contribution in [0.2, 0.25) is 0 Å². The van der Waals surface area contributed by atoms with Crippen LogP contribution in [0.4, 0.5) is 4.39 Å². The third-order valence-electron chi connectivity index (χ3n) is 2.72. The van der Waals surface area contributed by atoms with Crippen LogP contribution in [0.15, 0.2) is 41.2 Å². The van der Waals surface area contributed by atoms with Gasteiger partial charge in [-0.05, 0) is 37.3 Å². The van der Waals surface area contributed by atoms with Gasteiger partial charge in [0, 0.05) is 18.2 Å². The monoisotopic (exact) mass is 275 g/mol. The highest BCUT2D eigenvalue weighted by atomic mass is 19.1. The van der Waals surface area contributed by atoms with Gasteiger partial charge in [-0.1, -0.05) is 0 Å². The maximum Gasteiger partial charge on any atom is 0.266 e. The van der Waals surface area contributed by atoms with Gasteiger partial charge in [0.15, 0.2) is 0 Å². The average Bonchev–Trinajstić information content (AvgIpc) is 2.43. The highest BCUT2D eigenvalue weighted by molar-refractivity contribution is 5.94. The van der Waals surface area contributed by atoms with Gasteiger partial charge >= 0.3 is 0 Å². The van der Waals surface area contributed by atoms with Crippen molar-refractivity contribution in [3.63, 3.8) is 0 Å². The fourth-order valence-corrected chi connectivity index (χ4v) is 1.69. The van der Waals surface area contributed by atoms with E-state index in [2.05, 4.69) is 10.4 Å². The van der Waals surface area contributed by atoms with Crippen molar-refractivity contribution in [3.05, 3.63) is 63.8 Å². The molecule has 0 aliphatic heterocycles. The average molecular weight is 275 g/mol. The van der Waals surface area contributed by atoms with Crippen LogP contribution in [0.1, 0.15) is 16.1 Å². The summed E-state index contributed by atoms with van der Waals surface area (Å²) in [6.45, 7) is 2.34. The molecule has 0 aliphatic carbocycles. The van der Waals surface area contributed by atoms with Gasteiger partial charge in [0.25, 0.3) is 11.5 Å². The van der Waals surface area contributed by atoms with Crippen LogP contribution in [0.5, 0.6) is 0 Å². The number of halogens is 1. The predicted molar refractivity (Wildman–Crippen MR) is 72.0 cm³/mol. The molecule has 0 unspecified atom stereocenters. The lowest BCUT2D eigenvalue weighted by atomic mass is 10.2. The molecule has 6 heteroatoms. The molecule has 2 rings (SSSR count). The van der Waals surface area contributed by atoms with Crippen LogP contribution in [-0.4, -0.2) is 22.2 Å². The number of amides is 1. The molecule has 0 radical (unpaired) electrons. The number of nitrogens with zero attached hydrogens (tertiary/aromatic N) is 2. The summed E-state index contributed by atoms with van der Waals surface area (Å²) >= 11 is 0. The SMILES string of the molecule is Cc1ccc(=O)n(CCNC(=O)c2ccc(F)cc2)n1. The fraction of sp³-hybridized carbons (Fsp3) is 0.214. The first-order chi connectivity index (χ1) is 9.56. The molecule has 0 atom stereocenters. The normalized spacial score (nSPS) is 10.3. The summed E-state index contributed by atoms with van der Waals surface area (Å²) in [7, 11) is 0. The zero-order chi connectivity index (χ0) is 14.5. The van der Waals surface area contributed by atoms with E-state index in [1.54, 1.807) is 13.0 Å². The molecule has 0 spiro atoms. The van der Waals surface area contributed by atoms with Crippen LogP contribution in [0.3, 0.4) is 0 Å². The molecule has 2 aromatic rings. The summed E-state index contributed by atoms with van der Waals surface area (Å²) in [5.74, 6) is -0.706. The van der Waals surface area contributed by atoms with E-state index in [4.69, 9.17) is 0 Å². The van der Waals surface area contributed by atoms with Crippen LogP contribution in [-0.2, 0) is 6.54 Å². The van der Waals surface area contributed by atoms with Gasteiger partial charge < -0.3 is 5.32 Å². The van der Waals surface area contributed by atoms with Crippen LogP contribution < -0.4 is 10.9 Å². The minimum Gasteiger partial charge on any atom is -0.350 e. The lowest BCUT2D eigenvalue weighted by Gasteiger charge is -2.07. The third kappa shape index (κ3) is 3.50. The molecular weight excluding hydrogens is 261 g/mol. The second-order valence-electron chi connectivity index (χ2n) is 4.30. The minimum atomic E-state index is -0.392. The molecule has 104 valence electrons. The van der Waals surface area contributed by atoms with Gasteiger partial charge in [-0.15, -0.1) is 0 Å². The Labute approximate surface area is 115 Å². The van der Waals surface area contributed by atoms with Gasteiger partial charge in [-0.3, -0.25) is 9.59 Å². The molecule has 0 aliphatic rings. The largest absolute Gasteiger partial charge is 0.350 e. The molecule has 5 nitrogen and oxygen atoms in total. The molecule has 1 N–H and O–H groups in total. The second-order valence-corrected chi connectivity index (χ2v) is 4.30. The van der Waals surface area contributed by atoms with Crippen molar-refractivity contribution in [3.8, 4) is 0 Å². The van der Waals surface area contributed by atoms with E-state index in [9.17, 15) is 14.0 Å². The van der Waals surface area contributed by atoms with E-state index in [0.717, 1.165) is 5.69 Å². The first-order valence-electron chi connectivity index (χ1n) is 6.15. The Morgan fingerprint density at radius 1 is 1.25 bits per heavy atom. The number of aryl methyl sites for hydroxylation is 1. The molecular formula is C14H14FN3O2. The molecule has 0 bridgehead atoms. The molecule has 1 aromatic carbocycles. The fourth-order valence-electron chi connectivity index (χ4n) is 1.69. The Hall–Kier alpha value is -2.50. The number of benzene rings is 1. The van der Waals surface area contributed by atoms with Gasteiger partial charge in [0.05, 0.1) is 12.2 Å². The number of carbonyl (C=O) groups excluding carboxylic acids is 1. The maximum absolute atomic E-state index is 12.7. The van der Waals surface area contributed by atoms with Crippen molar-refractivity contribution >= 4 is 5.91 Å². The Morgan fingerprint density at radius 2 is 1.95 bits per heavy atom. The topological polar surface area (TPSA) is 64.0 Å². The van der Waals surface area contributed by atoms with Crippen molar-refractivity contribution in [2.45, 2.75) is 13.5 Å². The van der Waals surface area contributed by atoms with Crippen molar-refractivity contribution in [2.75, 3.05) is 6.54 Å². The van der Waals surface area contributed by atoms with Crippen molar-refractivity contribution in [1.29, 1.82) is 0 Å². The predicted octanol–water partition coefficient (Wildman–Crippen LogP) is 1.12. The summed E-state index contributed by atoms with van der Waals surface area (Å²) in [6, 6.07) is 8.33. The van der Waals surface area contributed by atoms with E-state index in [1.807, 2.05) is 0 Å². The summed E-state index contributed by atoms with van der Waals surface area (Å²) in [5.41, 5.74) is 0.886. The van der Waals surface area contributed by atoms with Crippen LogP contribution in [0, 0.1) is 12.7 Å². The zero-order valence-corrected chi connectivity index (χ0v) is 11.0.